The van der Waals surface area contributed by atoms with Crippen LogP contribution in [0.4, 0.5) is 10.1 Å². The molecule has 5 heteroatoms. The van der Waals surface area contributed by atoms with Gasteiger partial charge in [-0.25, -0.2) is 4.39 Å². The number of benzene rings is 2. The van der Waals surface area contributed by atoms with Gasteiger partial charge in [0.15, 0.2) is 0 Å². The Bertz CT molecular complexity index is 792. The summed E-state index contributed by atoms with van der Waals surface area (Å²) in [5, 5.41) is 2.96. The van der Waals surface area contributed by atoms with Crippen molar-refractivity contribution in [1.82, 2.24) is 10.2 Å². The number of fused-ring (bicyclic) bond motifs is 1. The van der Waals surface area contributed by atoms with Crippen LogP contribution in [0.25, 0.3) is 0 Å². The summed E-state index contributed by atoms with van der Waals surface area (Å²) in [5.74, 6) is 1.64. The third-order valence-electron chi connectivity index (χ3n) is 5.86. The molecule has 1 heterocycles. The molecule has 0 spiro atoms. The van der Waals surface area contributed by atoms with Crippen molar-refractivity contribution in [2.75, 3.05) is 31.9 Å². The molecule has 0 radical (unpaired) electrons. The second kappa shape index (κ2) is 7.08. The molecule has 3 N–H and O–H groups in total. The first-order chi connectivity index (χ1) is 12.6. The minimum absolute atomic E-state index is 0.116. The molecule has 1 saturated heterocycles. The number of nitrogens with one attached hydrogen (secondary N) is 1. The maximum atomic E-state index is 13.1. The number of rotatable bonds is 5. The van der Waals surface area contributed by atoms with Gasteiger partial charge in [-0.3, -0.25) is 4.79 Å². The highest BCUT2D eigenvalue weighted by Gasteiger charge is 2.47. The van der Waals surface area contributed by atoms with Crippen LogP contribution < -0.4 is 11.1 Å². The van der Waals surface area contributed by atoms with Crippen molar-refractivity contribution in [3.63, 3.8) is 0 Å². The van der Waals surface area contributed by atoms with E-state index in [1.807, 2.05) is 24.3 Å². The third-order valence-corrected chi connectivity index (χ3v) is 5.86. The van der Waals surface area contributed by atoms with Crippen LogP contribution in [-0.4, -0.2) is 37.0 Å². The number of hydrogen-bond acceptors (Lipinski definition) is 3. The minimum Gasteiger partial charge on any atom is -0.398 e. The summed E-state index contributed by atoms with van der Waals surface area (Å²) >= 11 is 0. The number of nitrogens with two attached hydrogens (primary N) is 1. The molecule has 3 atom stereocenters. The van der Waals surface area contributed by atoms with Gasteiger partial charge in [0.25, 0.3) is 5.91 Å². The lowest BCUT2D eigenvalue weighted by Gasteiger charge is -2.40. The fourth-order valence-electron chi connectivity index (χ4n) is 4.40. The number of nitrogens with zero attached hydrogens (tertiary/aromatic N) is 1. The first-order valence-electron chi connectivity index (χ1n) is 9.22. The van der Waals surface area contributed by atoms with E-state index in [0.717, 1.165) is 25.6 Å². The zero-order valence-corrected chi connectivity index (χ0v) is 14.7. The average Bonchev–Trinajstić information content (AvgIpc) is 2.93. The average molecular weight is 353 g/mol. The van der Waals surface area contributed by atoms with E-state index in [2.05, 4.69) is 10.2 Å². The zero-order valence-electron chi connectivity index (χ0n) is 14.7. The van der Waals surface area contributed by atoms with Crippen molar-refractivity contribution >= 4 is 11.6 Å². The van der Waals surface area contributed by atoms with Gasteiger partial charge in [0.05, 0.1) is 5.56 Å². The first kappa shape index (κ1) is 17.0. The van der Waals surface area contributed by atoms with E-state index in [1.165, 1.54) is 12.0 Å². The molecule has 2 fully saturated rings. The summed E-state index contributed by atoms with van der Waals surface area (Å²) < 4.78 is 13.1. The third kappa shape index (κ3) is 3.31. The Morgan fingerprint density at radius 1 is 1.15 bits per heavy atom. The van der Waals surface area contributed by atoms with Crippen molar-refractivity contribution in [3.05, 3.63) is 65.5 Å². The number of carbonyl (C=O) groups excluding carboxylic acids is 1. The summed E-state index contributed by atoms with van der Waals surface area (Å²) in [4.78, 5) is 14.6. The molecule has 1 aliphatic carbocycles. The van der Waals surface area contributed by atoms with Gasteiger partial charge in [-0.05, 0) is 54.0 Å². The lowest BCUT2D eigenvalue weighted by atomic mass is 9.64. The van der Waals surface area contributed by atoms with Gasteiger partial charge in [0.1, 0.15) is 5.82 Å². The molecule has 136 valence electrons. The van der Waals surface area contributed by atoms with Crippen LogP contribution in [0.3, 0.4) is 0 Å². The minimum atomic E-state index is -0.174. The molecule has 4 nitrogen and oxygen atoms in total. The number of amides is 1. The Morgan fingerprint density at radius 3 is 2.69 bits per heavy atom. The molecule has 2 aromatic carbocycles. The smallest absolute Gasteiger partial charge is 0.253 e. The monoisotopic (exact) mass is 353 g/mol. The molecule has 2 aromatic rings. The lowest BCUT2D eigenvalue weighted by Crippen LogP contribution is -2.34. The summed E-state index contributed by atoms with van der Waals surface area (Å²) in [6, 6.07) is 14.1. The number of hydrogen-bond donors (Lipinski definition) is 2. The van der Waals surface area contributed by atoms with E-state index >= 15 is 0 Å². The van der Waals surface area contributed by atoms with Crippen LogP contribution in [0, 0.1) is 17.7 Å². The van der Waals surface area contributed by atoms with E-state index in [9.17, 15) is 9.18 Å². The Balaban J connectivity index is 1.26. The Kier molecular flexibility index (Phi) is 4.64. The molecule has 0 bridgehead atoms. The summed E-state index contributed by atoms with van der Waals surface area (Å²) in [6.07, 6.45) is 1.18. The molecular weight excluding hydrogens is 329 g/mol. The fourth-order valence-corrected chi connectivity index (χ4v) is 4.40. The molecule has 4 rings (SSSR count). The number of likely N-dealkylation sites (tertiary alicyclic amines) is 1. The van der Waals surface area contributed by atoms with Crippen LogP contribution in [0.2, 0.25) is 0 Å². The van der Waals surface area contributed by atoms with E-state index in [-0.39, 0.29) is 11.7 Å². The first-order valence-corrected chi connectivity index (χ1v) is 9.22. The Labute approximate surface area is 153 Å². The predicted molar refractivity (Wildman–Crippen MR) is 100 cm³/mol. The van der Waals surface area contributed by atoms with Crippen molar-refractivity contribution in [1.29, 1.82) is 0 Å². The summed E-state index contributed by atoms with van der Waals surface area (Å²) in [6.45, 7) is 3.61. The Morgan fingerprint density at radius 2 is 1.92 bits per heavy atom. The van der Waals surface area contributed by atoms with Crippen molar-refractivity contribution in [3.8, 4) is 0 Å². The highest BCUT2D eigenvalue weighted by Crippen LogP contribution is 2.51. The van der Waals surface area contributed by atoms with Crippen LogP contribution in [0.1, 0.15) is 28.3 Å². The van der Waals surface area contributed by atoms with E-state index < -0.39 is 0 Å². The topological polar surface area (TPSA) is 58.4 Å². The lowest BCUT2D eigenvalue weighted by molar-refractivity contribution is 0.0950. The molecule has 3 unspecified atom stereocenters. The summed E-state index contributed by atoms with van der Waals surface area (Å²) in [5.41, 5.74) is 8.14. The number of carbonyl (C=O) groups is 1. The second-order valence-electron chi connectivity index (χ2n) is 7.42. The van der Waals surface area contributed by atoms with Gasteiger partial charge < -0.3 is 16.0 Å². The van der Waals surface area contributed by atoms with E-state index in [0.29, 0.717) is 29.6 Å². The number of para-hydroxylation sites is 1. The van der Waals surface area contributed by atoms with Gasteiger partial charge in [0, 0.05) is 31.9 Å². The van der Waals surface area contributed by atoms with Crippen LogP contribution in [0.5, 0.6) is 0 Å². The standard InChI is InChI=1S/C21H24FN3O/c22-16-7-5-14(6-8-16)18-11-15-12-25(13-19(15)18)10-9-24-21(26)17-3-1-2-4-20(17)23/h1-8,15,18-19H,9-13,23H2,(H,24,26). The van der Waals surface area contributed by atoms with Crippen molar-refractivity contribution in [2.45, 2.75) is 12.3 Å². The number of halogens is 1. The van der Waals surface area contributed by atoms with Crippen molar-refractivity contribution < 1.29 is 9.18 Å². The van der Waals surface area contributed by atoms with E-state index in [4.69, 9.17) is 5.73 Å². The van der Waals surface area contributed by atoms with Crippen molar-refractivity contribution in [2.24, 2.45) is 11.8 Å². The zero-order chi connectivity index (χ0) is 18.1. The highest BCUT2D eigenvalue weighted by atomic mass is 19.1. The Hall–Kier alpha value is -2.40. The van der Waals surface area contributed by atoms with Gasteiger partial charge in [-0.2, -0.15) is 0 Å². The highest BCUT2D eigenvalue weighted by molar-refractivity contribution is 5.99. The quantitative estimate of drug-likeness (QED) is 0.813. The largest absolute Gasteiger partial charge is 0.398 e. The van der Waals surface area contributed by atoms with Crippen LogP contribution in [-0.2, 0) is 0 Å². The maximum absolute atomic E-state index is 13.1. The predicted octanol–water partition coefficient (Wildman–Crippen LogP) is 2.87. The van der Waals surface area contributed by atoms with Gasteiger partial charge >= 0.3 is 0 Å². The van der Waals surface area contributed by atoms with E-state index in [1.54, 1.807) is 24.3 Å². The second-order valence-corrected chi connectivity index (χ2v) is 7.42. The fraction of sp³-hybridized carbons (Fsp3) is 0.381. The normalized spacial score (nSPS) is 24.7. The van der Waals surface area contributed by atoms with Gasteiger partial charge in [0.2, 0.25) is 0 Å². The molecule has 1 saturated carbocycles. The molecule has 0 aromatic heterocycles. The van der Waals surface area contributed by atoms with Crippen LogP contribution >= 0.6 is 0 Å². The molecule has 26 heavy (non-hydrogen) atoms. The van der Waals surface area contributed by atoms with Gasteiger partial charge in [-0.1, -0.05) is 24.3 Å². The number of nitrogen functional groups attached to an aromatic ring is 1. The maximum Gasteiger partial charge on any atom is 0.253 e. The summed E-state index contributed by atoms with van der Waals surface area (Å²) in [7, 11) is 0. The molecule has 1 amide bonds. The van der Waals surface area contributed by atoms with Crippen LogP contribution in [0.15, 0.2) is 48.5 Å². The molecule has 1 aliphatic heterocycles. The number of anilines is 1. The SMILES string of the molecule is Nc1ccccc1C(=O)NCCN1CC2CC(c3ccc(F)cc3)C2C1. The molecule has 2 aliphatic rings. The molecular formula is C21H24FN3O. The van der Waals surface area contributed by atoms with Gasteiger partial charge in [-0.15, -0.1) is 0 Å².